The number of carbonyl (C=O) groups excluding carboxylic acids is 1. The highest BCUT2D eigenvalue weighted by Gasteiger charge is 2.63. The van der Waals surface area contributed by atoms with E-state index in [-0.39, 0.29) is 5.97 Å². The summed E-state index contributed by atoms with van der Waals surface area (Å²) in [6.45, 7) is 14.0. The van der Waals surface area contributed by atoms with Gasteiger partial charge in [0.25, 0.3) is 0 Å². The topological polar surface area (TPSA) is 26.3 Å². The predicted molar refractivity (Wildman–Crippen MR) is 110 cm³/mol. The third kappa shape index (κ3) is 2.69. The lowest BCUT2D eigenvalue weighted by molar-refractivity contribution is -0.131. The Kier molecular flexibility index (Phi) is 4.29. The fourth-order valence-electron chi connectivity index (χ4n) is 7.29. The second-order valence-corrected chi connectivity index (χ2v) is 10.9. The number of carbonyl (C=O) groups is 1. The van der Waals surface area contributed by atoms with Crippen LogP contribution in [0, 0.1) is 28.1 Å². The quantitative estimate of drug-likeness (QED) is 0.416. The molecule has 1 aromatic rings. The van der Waals surface area contributed by atoms with Gasteiger partial charge in [0.2, 0.25) is 0 Å². The number of aryl methyl sites for hydroxylation is 1. The van der Waals surface area contributed by atoms with Gasteiger partial charge in [-0.2, -0.15) is 0 Å². The molecule has 3 aliphatic carbocycles. The summed E-state index contributed by atoms with van der Waals surface area (Å²) in [4.78, 5) is 11.3. The summed E-state index contributed by atoms with van der Waals surface area (Å²) in [5.41, 5.74) is 4.19. The molecule has 0 saturated heterocycles. The molecule has 148 valence electrons. The maximum atomic E-state index is 11.3. The van der Waals surface area contributed by atoms with E-state index in [4.69, 9.17) is 4.74 Å². The molecular formula is C25H36O2. The standard InChI is InChI=1S/C25H36O2/c1-16(26)27-18-8-10-19-17(15-18)7-9-21-20(19)11-13-24(5)22(21)12-14-25(24,6)23(2,3)4/h8,10,15,20-22H,7,9,11-14H2,1-6H3/t20-,21-,22+,24+,25-/m1/s1. The van der Waals surface area contributed by atoms with E-state index in [1.807, 2.05) is 6.07 Å². The number of hydrogen-bond acceptors (Lipinski definition) is 2. The van der Waals surface area contributed by atoms with Gasteiger partial charge in [-0.1, -0.05) is 40.7 Å². The first-order valence-corrected chi connectivity index (χ1v) is 10.9. The van der Waals surface area contributed by atoms with Crippen molar-refractivity contribution in [3.63, 3.8) is 0 Å². The summed E-state index contributed by atoms with van der Waals surface area (Å²) in [7, 11) is 0. The van der Waals surface area contributed by atoms with Crippen LogP contribution in [0.2, 0.25) is 0 Å². The molecule has 2 saturated carbocycles. The van der Waals surface area contributed by atoms with E-state index in [1.165, 1.54) is 50.2 Å². The van der Waals surface area contributed by atoms with Crippen LogP contribution in [0.1, 0.15) is 90.7 Å². The summed E-state index contributed by atoms with van der Waals surface area (Å²) in [5.74, 6) is 2.84. The van der Waals surface area contributed by atoms with E-state index in [0.717, 1.165) is 18.3 Å². The molecule has 0 bridgehead atoms. The predicted octanol–water partition coefficient (Wildman–Crippen LogP) is 6.52. The molecule has 2 nitrogen and oxygen atoms in total. The number of esters is 1. The Bertz CT molecular complexity index is 758. The van der Waals surface area contributed by atoms with Crippen LogP contribution in [0.3, 0.4) is 0 Å². The van der Waals surface area contributed by atoms with Crippen LogP contribution >= 0.6 is 0 Å². The first-order valence-electron chi connectivity index (χ1n) is 10.9. The Morgan fingerprint density at radius 2 is 1.85 bits per heavy atom. The highest BCUT2D eigenvalue weighted by atomic mass is 16.5. The molecule has 3 aliphatic rings. The van der Waals surface area contributed by atoms with E-state index in [9.17, 15) is 4.79 Å². The van der Waals surface area contributed by atoms with Crippen LogP contribution in [-0.2, 0) is 11.2 Å². The summed E-state index contributed by atoms with van der Waals surface area (Å²) in [5, 5.41) is 0. The number of rotatable bonds is 1. The van der Waals surface area contributed by atoms with Gasteiger partial charge < -0.3 is 4.74 Å². The Morgan fingerprint density at radius 3 is 2.52 bits per heavy atom. The Balaban J connectivity index is 1.65. The van der Waals surface area contributed by atoms with Gasteiger partial charge in [-0.25, -0.2) is 0 Å². The molecule has 1 aromatic carbocycles. The maximum absolute atomic E-state index is 11.3. The largest absolute Gasteiger partial charge is 0.427 e. The zero-order valence-electron chi connectivity index (χ0n) is 18.0. The van der Waals surface area contributed by atoms with E-state index in [2.05, 4.69) is 46.8 Å². The lowest BCUT2D eigenvalue weighted by atomic mass is 9.46. The van der Waals surface area contributed by atoms with Crippen LogP contribution in [0.25, 0.3) is 0 Å². The average Bonchev–Trinajstić information content (AvgIpc) is 2.86. The minimum absolute atomic E-state index is 0.232. The van der Waals surface area contributed by atoms with Crippen molar-refractivity contribution in [2.24, 2.45) is 28.1 Å². The molecule has 2 heteroatoms. The minimum atomic E-state index is -0.232. The molecule has 0 amide bonds. The molecule has 0 unspecified atom stereocenters. The number of benzene rings is 1. The van der Waals surface area contributed by atoms with Gasteiger partial charge >= 0.3 is 5.97 Å². The van der Waals surface area contributed by atoms with Crippen LogP contribution in [0.15, 0.2) is 18.2 Å². The summed E-state index contributed by atoms with van der Waals surface area (Å²) in [6.07, 6.45) is 7.85. The monoisotopic (exact) mass is 368 g/mol. The van der Waals surface area contributed by atoms with Gasteiger partial charge in [-0.15, -0.1) is 0 Å². The molecule has 0 radical (unpaired) electrons. The fourth-order valence-corrected chi connectivity index (χ4v) is 7.29. The second-order valence-electron chi connectivity index (χ2n) is 10.9. The summed E-state index contributed by atoms with van der Waals surface area (Å²) < 4.78 is 5.33. The highest BCUT2D eigenvalue weighted by Crippen LogP contribution is 2.71. The third-order valence-electron chi connectivity index (χ3n) is 9.22. The number of fused-ring (bicyclic) bond motifs is 5. The van der Waals surface area contributed by atoms with Gasteiger partial charge in [0, 0.05) is 6.92 Å². The SMILES string of the molecule is CC(=O)Oc1ccc2c(c1)CC[C@@H]1[C@@H]2CC[C@@]2(C)[C@H]1CC[C@]2(C)C(C)(C)C. The molecule has 27 heavy (non-hydrogen) atoms. The molecule has 0 aliphatic heterocycles. The lowest BCUT2D eigenvalue weighted by Crippen LogP contribution is -2.50. The van der Waals surface area contributed by atoms with Crippen LogP contribution in [-0.4, -0.2) is 5.97 Å². The van der Waals surface area contributed by atoms with Crippen molar-refractivity contribution in [3.05, 3.63) is 29.3 Å². The average molecular weight is 369 g/mol. The van der Waals surface area contributed by atoms with Crippen LogP contribution < -0.4 is 4.74 Å². The first kappa shape index (κ1) is 19.0. The van der Waals surface area contributed by atoms with E-state index in [1.54, 1.807) is 0 Å². The molecule has 0 spiro atoms. The third-order valence-corrected chi connectivity index (χ3v) is 9.22. The van der Waals surface area contributed by atoms with Crippen LogP contribution in [0.5, 0.6) is 5.75 Å². The Hall–Kier alpha value is -1.31. The van der Waals surface area contributed by atoms with E-state index in [0.29, 0.717) is 27.9 Å². The van der Waals surface area contributed by atoms with Crippen molar-refractivity contribution in [1.29, 1.82) is 0 Å². The van der Waals surface area contributed by atoms with E-state index < -0.39 is 0 Å². The molecule has 0 aromatic heterocycles. The van der Waals surface area contributed by atoms with Crippen molar-refractivity contribution in [1.82, 2.24) is 0 Å². The van der Waals surface area contributed by atoms with Gasteiger partial charge in [0.15, 0.2) is 0 Å². The highest BCUT2D eigenvalue weighted by molar-refractivity contribution is 5.69. The Labute approximate surface area is 165 Å². The van der Waals surface area contributed by atoms with Crippen molar-refractivity contribution in [2.75, 3.05) is 0 Å². The smallest absolute Gasteiger partial charge is 0.308 e. The van der Waals surface area contributed by atoms with Crippen molar-refractivity contribution >= 4 is 5.97 Å². The van der Waals surface area contributed by atoms with Gasteiger partial charge in [0.05, 0.1) is 0 Å². The minimum Gasteiger partial charge on any atom is -0.427 e. The first-order chi connectivity index (χ1) is 12.6. The summed E-state index contributed by atoms with van der Waals surface area (Å²) >= 11 is 0. The van der Waals surface area contributed by atoms with E-state index >= 15 is 0 Å². The van der Waals surface area contributed by atoms with Crippen molar-refractivity contribution in [3.8, 4) is 5.75 Å². The molecule has 4 rings (SSSR count). The fraction of sp³-hybridized carbons (Fsp3) is 0.720. The van der Waals surface area contributed by atoms with Gasteiger partial charge in [-0.05, 0) is 95.8 Å². The zero-order chi connectivity index (χ0) is 19.6. The molecule has 5 atom stereocenters. The van der Waals surface area contributed by atoms with Crippen molar-refractivity contribution < 1.29 is 9.53 Å². The number of ether oxygens (including phenoxy) is 1. The second kappa shape index (κ2) is 6.09. The lowest BCUT2D eigenvalue weighted by Gasteiger charge is -2.58. The molecular weight excluding hydrogens is 332 g/mol. The number of hydrogen-bond donors (Lipinski definition) is 0. The Morgan fingerprint density at radius 1 is 1.11 bits per heavy atom. The molecule has 0 heterocycles. The van der Waals surface area contributed by atoms with Crippen LogP contribution in [0.4, 0.5) is 0 Å². The van der Waals surface area contributed by atoms with Crippen molar-refractivity contribution in [2.45, 2.75) is 86.0 Å². The molecule has 0 N–H and O–H groups in total. The van der Waals surface area contributed by atoms with Gasteiger partial charge in [-0.3, -0.25) is 4.79 Å². The summed E-state index contributed by atoms with van der Waals surface area (Å²) in [6, 6.07) is 6.38. The normalized spacial score (nSPS) is 37.9. The van der Waals surface area contributed by atoms with Gasteiger partial charge in [0.1, 0.15) is 5.75 Å². The molecule has 2 fully saturated rings. The maximum Gasteiger partial charge on any atom is 0.308 e. The zero-order valence-corrected chi connectivity index (χ0v) is 18.0.